The molecule has 40 heavy (non-hydrogen) atoms. The quantitative estimate of drug-likeness (QED) is 0.136. The Balaban J connectivity index is 0.000000192. The Morgan fingerprint density at radius 1 is 0.700 bits per heavy atom. The van der Waals surface area contributed by atoms with Gasteiger partial charge in [0.1, 0.15) is 5.58 Å². The maximum Gasteiger partial charge on any atom is 0.120 e. The molecule has 0 aliphatic rings. The van der Waals surface area contributed by atoms with Crippen molar-refractivity contribution in [1.29, 1.82) is 0 Å². The summed E-state index contributed by atoms with van der Waals surface area (Å²) in [6.07, 6.45) is 3.68. The molecule has 3 heterocycles. The first kappa shape index (κ1) is 29.6. The summed E-state index contributed by atoms with van der Waals surface area (Å²) in [4.78, 5) is 8.85. The monoisotopic (exact) mass is 719 g/mol. The van der Waals surface area contributed by atoms with Gasteiger partial charge < -0.3 is 14.4 Å². The van der Waals surface area contributed by atoms with Gasteiger partial charge in [0.25, 0.3) is 0 Å². The van der Waals surface area contributed by atoms with Crippen LogP contribution in [0.2, 0.25) is 19.6 Å². The SMILES string of the molecule is CC(C)(C)c1ccnc(-c2[c-]cccc2)c1.C[Si](C)(C)c1cccc2c1oc1c(-c3ccccn3)[c-]ccc12.[Ir]. The van der Waals surface area contributed by atoms with Crippen LogP contribution in [0.3, 0.4) is 0 Å². The zero-order valence-corrected chi connectivity index (χ0v) is 27.3. The van der Waals surface area contributed by atoms with Gasteiger partial charge >= 0.3 is 0 Å². The van der Waals surface area contributed by atoms with Crippen LogP contribution in [0.4, 0.5) is 0 Å². The Kier molecular flexibility index (Phi) is 8.89. The number of benzene rings is 3. The predicted octanol–water partition coefficient (Wildman–Crippen LogP) is 8.84. The topological polar surface area (TPSA) is 38.9 Å². The second kappa shape index (κ2) is 12.0. The van der Waals surface area contributed by atoms with E-state index in [0.717, 1.165) is 39.1 Å². The van der Waals surface area contributed by atoms with E-state index in [1.165, 1.54) is 16.1 Å². The zero-order valence-electron chi connectivity index (χ0n) is 23.9. The normalized spacial score (nSPS) is 11.6. The molecule has 0 aliphatic heterocycles. The molecule has 0 N–H and O–H groups in total. The number of aromatic nitrogens is 2. The van der Waals surface area contributed by atoms with Crippen LogP contribution in [0.5, 0.6) is 0 Å². The van der Waals surface area contributed by atoms with Crippen molar-refractivity contribution in [3.63, 3.8) is 0 Å². The Morgan fingerprint density at radius 3 is 2.12 bits per heavy atom. The maximum absolute atomic E-state index is 6.36. The van der Waals surface area contributed by atoms with Crippen LogP contribution in [0.15, 0.2) is 102 Å². The van der Waals surface area contributed by atoms with Crippen LogP contribution < -0.4 is 5.19 Å². The van der Waals surface area contributed by atoms with E-state index >= 15 is 0 Å². The summed E-state index contributed by atoms with van der Waals surface area (Å²) in [5, 5.41) is 3.68. The molecule has 5 heteroatoms. The Bertz CT molecular complexity index is 1720. The third-order valence-corrected chi connectivity index (χ3v) is 8.81. The summed E-state index contributed by atoms with van der Waals surface area (Å²) < 4.78 is 6.36. The Morgan fingerprint density at radius 2 is 1.45 bits per heavy atom. The molecule has 6 rings (SSSR count). The third-order valence-electron chi connectivity index (χ3n) is 6.80. The van der Waals surface area contributed by atoms with Gasteiger partial charge in [-0.2, -0.15) is 0 Å². The molecule has 3 nitrogen and oxygen atoms in total. The number of hydrogen-bond donors (Lipinski definition) is 0. The van der Waals surface area contributed by atoms with Crippen LogP contribution in [0.25, 0.3) is 44.5 Å². The van der Waals surface area contributed by atoms with Crippen LogP contribution in [0.1, 0.15) is 26.3 Å². The van der Waals surface area contributed by atoms with Crippen molar-refractivity contribution in [2.75, 3.05) is 0 Å². The summed E-state index contributed by atoms with van der Waals surface area (Å²) in [7, 11) is -1.48. The van der Waals surface area contributed by atoms with Crippen molar-refractivity contribution < 1.29 is 24.5 Å². The molecular weight excluding hydrogens is 685 g/mol. The summed E-state index contributed by atoms with van der Waals surface area (Å²) in [5.74, 6) is 0. The first-order valence-electron chi connectivity index (χ1n) is 13.3. The van der Waals surface area contributed by atoms with Crippen LogP contribution in [-0.2, 0) is 25.5 Å². The molecule has 0 atom stereocenters. The van der Waals surface area contributed by atoms with E-state index in [1.807, 2.05) is 54.7 Å². The summed E-state index contributed by atoms with van der Waals surface area (Å²) in [6, 6.07) is 35.1. The minimum atomic E-state index is -1.48. The van der Waals surface area contributed by atoms with Crippen molar-refractivity contribution in [3.8, 4) is 22.5 Å². The molecule has 0 unspecified atom stereocenters. The zero-order chi connectivity index (χ0) is 27.6. The van der Waals surface area contributed by atoms with E-state index in [9.17, 15) is 0 Å². The van der Waals surface area contributed by atoms with E-state index in [-0.39, 0.29) is 25.5 Å². The first-order chi connectivity index (χ1) is 18.6. The van der Waals surface area contributed by atoms with Crippen LogP contribution >= 0.6 is 0 Å². The molecule has 3 aromatic heterocycles. The fraction of sp³-hybridized carbons (Fsp3) is 0.200. The van der Waals surface area contributed by atoms with Crippen LogP contribution in [-0.4, -0.2) is 18.0 Å². The van der Waals surface area contributed by atoms with Crippen LogP contribution in [0, 0.1) is 12.1 Å². The fourth-order valence-corrected chi connectivity index (χ4v) is 6.12. The summed E-state index contributed by atoms with van der Waals surface area (Å²) in [5.41, 5.74) is 7.24. The molecule has 1 radical (unpaired) electrons. The number of rotatable bonds is 3. The van der Waals surface area contributed by atoms with Gasteiger partial charge in [-0.05, 0) is 39.7 Å². The number of fused-ring (bicyclic) bond motifs is 3. The van der Waals surface area contributed by atoms with Crippen molar-refractivity contribution in [1.82, 2.24) is 9.97 Å². The standard InChI is InChI=1S/C20H18NOSi.C15H16N.Ir/c1-23(2,3)18-12-7-9-15-14-8-6-10-16(19(14)22-20(15)18)17-11-4-5-13-21-17;1-15(2,3)13-9-10-16-14(11-13)12-7-5-4-6-8-12;/h4-9,11-13H,1-3H3;4-7,9-11H,1-3H3;/q2*-1;. The molecule has 3 aromatic carbocycles. The molecule has 0 saturated heterocycles. The maximum atomic E-state index is 6.36. The molecule has 0 fully saturated rings. The molecule has 0 spiro atoms. The third kappa shape index (κ3) is 6.33. The molecule has 0 saturated carbocycles. The van der Waals surface area contributed by atoms with Gasteiger partial charge in [0.05, 0.1) is 13.7 Å². The fourth-order valence-electron chi connectivity index (χ4n) is 4.65. The van der Waals surface area contributed by atoms with Gasteiger partial charge in [-0.25, -0.2) is 0 Å². The van der Waals surface area contributed by atoms with E-state index in [4.69, 9.17) is 4.42 Å². The first-order valence-corrected chi connectivity index (χ1v) is 16.8. The van der Waals surface area contributed by atoms with Crippen molar-refractivity contribution in [3.05, 3.63) is 115 Å². The molecular formula is C35H34IrN2OSi-2. The van der Waals surface area contributed by atoms with Crippen molar-refractivity contribution >= 4 is 35.2 Å². The van der Waals surface area contributed by atoms with E-state index in [2.05, 4.69) is 98.9 Å². The predicted molar refractivity (Wildman–Crippen MR) is 166 cm³/mol. The van der Waals surface area contributed by atoms with E-state index < -0.39 is 8.07 Å². The number of furan rings is 1. The molecule has 0 amide bonds. The van der Waals surface area contributed by atoms with E-state index in [1.54, 1.807) is 6.20 Å². The Hall–Kier alpha value is -3.37. The number of pyridine rings is 2. The average Bonchev–Trinajstić information content (AvgIpc) is 3.32. The number of para-hydroxylation sites is 1. The number of hydrogen-bond acceptors (Lipinski definition) is 3. The molecule has 6 aromatic rings. The number of nitrogens with zero attached hydrogens (tertiary/aromatic N) is 2. The van der Waals surface area contributed by atoms with Crippen molar-refractivity contribution in [2.45, 2.75) is 45.8 Å². The minimum Gasteiger partial charge on any atom is -0.501 e. The summed E-state index contributed by atoms with van der Waals surface area (Å²) in [6.45, 7) is 13.7. The minimum absolute atomic E-state index is 0. The average molecular weight is 719 g/mol. The van der Waals surface area contributed by atoms with Gasteiger partial charge in [0.2, 0.25) is 0 Å². The van der Waals surface area contributed by atoms with Crippen molar-refractivity contribution in [2.24, 2.45) is 0 Å². The molecule has 0 aliphatic carbocycles. The van der Waals surface area contributed by atoms with Gasteiger partial charge in [0, 0.05) is 37.9 Å². The second-order valence-corrected chi connectivity index (χ2v) is 16.8. The van der Waals surface area contributed by atoms with Gasteiger partial charge in [0.15, 0.2) is 0 Å². The smallest absolute Gasteiger partial charge is 0.120 e. The van der Waals surface area contributed by atoms with Gasteiger partial charge in [-0.3, -0.25) is 0 Å². The Labute approximate surface area is 252 Å². The largest absolute Gasteiger partial charge is 0.501 e. The van der Waals surface area contributed by atoms with E-state index in [0.29, 0.717) is 0 Å². The van der Waals surface area contributed by atoms with Gasteiger partial charge in [-0.15, -0.1) is 54.1 Å². The molecule has 205 valence electrons. The second-order valence-electron chi connectivity index (χ2n) is 11.8. The van der Waals surface area contributed by atoms with Gasteiger partial charge in [-0.1, -0.05) is 87.8 Å². The summed E-state index contributed by atoms with van der Waals surface area (Å²) >= 11 is 0. The molecule has 0 bridgehead atoms.